The Morgan fingerprint density at radius 2 is 1.77 bits per heavy atom. The summed E-state index contributed by atoms with van der Waals surface area (Å²) in [5, 5.41) is 16.0. The Morgan fingerprint density at radius 1 is 0.975 bits per heavy atom. The van der Waals surface area contributed by atoms with Crippen molar-refractivity contribution < 1.29 is 27.8 Å². The lowest BCUT2D eigenvalue weighted by molar-refractivity contribution is -0.274. The first-order valence-corrected chi connectivity index (χ1v) is 14.5. The number of hydrogen-bond donors (Lipinski definition) is 3. The summed E-state index contributed by atoms with van der Waals surface area (Å²) in [4.78, 5) is 10.7. The summed E-state index contributed by atoms with van der Waals surface area (Å²) in [7, 11) is 0. The molecule has 0 bridgehead atoms. The molecule has 2 saturated carbocycles. The fourth-order valence-electron chi connectivity index (χ4n) is 6.57. The molecule has 1 amide bonds. The van der Waals surface area contributed by atoms with E-state index in [4.69, 9.17) is 5.11 Å². The van der Waals surface area contributed by atoms with E-state index in [-0.39, 0.29) is 5.75 Å². The first-order chi connectivity index (χ1) is 19.3. The van der Waals surface area contributed by atoms with E-state index >= 15 is 0 Å². The number of alkyl halides is 3. The summed E-state index contributed by atoms with van der Waals surface area (Å²) >= 11 is 0. The van der Waals surface area contributed by atoms with E-state index in [1.54, 1.807) is 6.07 Å². The van der Waals surface area contributed by atoms with Gasteiger partial charge in [0.1, 0.15) is 5.75 Å². The van der Waals surface area contributed by atoms with Gasteiger partial charge in [0, 0.05) is 35.7 Å². The molecule has 0 spiro atoms. The van der Waals surface area contributed by atoms with Crippen LogP contribution in [0.5, 0.6) is 5.75 Å². The van der Waals surface area contributed by atoms with Gasteiger partial charge in [0.2, 0.25) is 0 Å². The molecule has 0 aliphatic heterocycles. The van der Waals surface area contributed by atoms with Crippen molar-refractivity contribution in [1.29, 1.82) is 0 Å². The van der Waals surface area contributed by atoms with Gasteiger partial charge in [-0.15, -0.1) is 13.2 Å². The Balaban J connectivity index is 1.42. The lowest BCUT2D eigenvalue weighted by Crippen LogP contribution is -2.35. The first kappa shape index (κ1) is 28.3. The summed E-state index contributed by atoms with van der Waals surface area (Å²) in [5.41, 5.74) is 4.09. The molecule has 216 valence electrons. The smallest absolute Gasteiger partial charge is 0.465 e. The van der Waals surface area contributed by atoms with Gasteiger partial charge < -0.3 is 25.0 Å². The summed E-state index contributed by atoms with van der Waals surface area (Å²) in [6, 6.07) is 13.3. The Labute approximate surface area is 232 Å². The number of benzene rings is 2. The van der Waals surface area contributed by atoms with Crippen molar-refractivity contribution in [3.8, 4) is 16.9 Å². The summed E-state index contributed by atoms with van der Waals surface area (Å²) in [6.45, 7) is 1.20. The van der Waals surface area contributed by atoms with Crippen molar-refractivity contribution in [2.24, 2.45) is 0 Å². The molecule has 0 saturated heterocycles. The number of carboxylic acid groups (broad SMARTS) is 1. The second-order valence-electron chi connectivity index (χ2n) is 11.2. The molecule has 2 aliphatic carbocycles. The molecule has 2 aliphatic rings. The van der Waals surface area contributed by atoms with Gasteiger partial charge in [0.25, 0.3) is 0 Å². The van der Waals surface area contributed by atoms with Crippen molar-refractivity contribution >= 4 is 17.0 Å². The molecular formula is C31H38F3N3O3. The fraction of sp³-hybridized carbons (Fsp3) is 0.516. The summed E-state index contributed by atoms with van der Waals surface area (Å²) in [5.74, 6) is 0.163. The van der Waals surface area contributed by atoms with Crippen LogP contribution in [0.3, 0.4) is 0 Å². The van der Waals surface area contributed by atoms with Crippen molar-refractivity contribution in [2.75, 3.05) is 13.1 Å². The number of aromatic nitrogens is 1. The number of ether oxygens (including phenoxy) is 1. The Morgan fingerprint density at radius 3 is 2.55 bits per heavy atom. The van der Waals surface area contributed by atoms with E-state index in [0.29, 0.717) is 30.1 Å². The monoisotopic (exact) mass is 557 g/mol. The minimum Gasteiger partial charge on any atom is -0.465 e. The zero-order valence-corrected chi connectivity index (χ0v) is 22.7. The maximum absolute atomic E-state index is 12.8. The fourth-order valence-corrected chi connectivity index (χ4v) is 6.57. The number of carbonyl (C=O) groups is 1. The van der Waals surface area contributed by atoms with Crippen LogP contribution in [0, 0.1) is 0 Å². The van der Waals surface area contributed by atoms with Gasteiger partial charge in [-0.2, -0.15) is 0 Å². The number of nitrogens with zero attached hydrogens (tertiary/aromatic N) is 1. The van der Waals surface area contributed by atoms with Crippen LogP contribution in [-0.2, 0) is 0 Å². The van der Waals surface area contributed by atoms with Crippen molar-refractivity contribution in [2.45, 2.75) is 88.6 Å². The van der Waals surface area contributed by atoms with Crippen molar-refractivity contribution in [1.82, 2.24) is 15.2 Å². The molecule has 3 N–H and O–H groups in total. The van der Waals surface area contributed by atoms with Gasteiger partial charge >= 0.3 is 12.5 Å². The standard InChI is InChI=1S/C31H38F3N3O3/c32-31(33,34)40-26-12-5-7-21(18-26)22-13-14-29-27(19-22)28(20-37(29)25-10-2-1-3-11-25)23-8-4-9-24(17-23)35-15-6-16-36-30(38)39/h5,7,12-14,18-20,23-25,35-36H,1-4,6,8-11,15-17H2,(H,38,39). The van der Waals surface area contributed by atoms with E-state index < -0.39 is 12.5 Å². The van der Waals surface area contributed by atoms with E-state index in [1.165, 1.54) is 60.7 Å². The van der Waals surface area contributed by atoms with Crippen LogP contribution in [0.25, 0.3) is 22.0 Å². The Kier molecular flexibility index (Phi) is 8.88. The molecule has 1 aromatic heterocycles. The average molecular weight is 558 g/mol. The number of halogens is 3. The first-order valence-electron chi connectivity index (χ1n) is 14.5. The molecule has 40 heavy (non-hydrogen) atoms. The topological polar surface area (TPSA) is 75.5 Å². The molecule has 6 nitrogen and oxygen atoms in total. The predicted octanol–water partition coefficient (Wildman–Crippen LogP) is 7.99. The quantitative estimate of drug-likeness (QED) is 0.233. The van der Waals surface area contributed by atoms with Gasteiger partial charge in [-0.05, 0) is 91.9 Å². The third-order valence-electron chi connectivity index (χ3n) is 8.41. The van der Waals surface area contributed by atoms with E-state index in [0.717, 1.165) is 44.2 Å². The third kappa shape index (κ3) is 7.11. The minimum absolute atomic E-state index is 0.218. The van der Waals surface area contributed by atoms with E-state index in [1.807, 2.05) is 12.1 Å². The molecule has 9 heteroatoms. The van der Waals surface area contributed by atoms with Crippen molar-refractivity contribution in [3.05, 3.63) is 54.2 Å². The van der Waals surface area contributed by atoms with Crippen LogP contribution < -0.4 is 15.4 Å². The maximum Gasteiger partial charge on any atom is 0.573 e. The van der Waals surface area contributed by atoms with Crippen LogP contribution in [0.4, 0.5) is 18.0 Å². The van der Waals surface area contributed by atoms with Crippen LogP contribution in [-0.4, -0.2) is 41.3 Å². The van der Waals surface area contributed by atoms with Gasteiger partial charge in [-0.1, -0.05) is 43.9 Å². The number of rotatable bonds is 9. The van der Waals surface area contributed by atoms with Gasteiger partial charge in [0.15, 0.2) is 0 Å². The largest absolute Gasteiger partial charge is 0.573 e. The minimum atomic E-state index is -4.73. The van der Waals surface area contributed by atoms with Crippen LogP contribution >= 0.6 is 0 Å². The molecule has 2 aromatic carbocycles. The molecule has 5 rings (SSSR count). The highest BCUT2D eigenvalue weighted by molar-refractivity contribution is 5.89. The molecular weight excluding hydrogens is 519 g/mol. The number of fused-ring (bicyclic) bond motifs is 1. The third-order valence-corrected chi connectivity index (χ3v) is 8.41. The average Bonchev–Trinajstić information content (AvgIpc) is 3.32. The highest BCUT2D eigenvalue weighted by atomic mass is 19.4. The van der Waals surface area contributed by atoms with Crippen LogP contribution in [0.2, 0.25) is 0 Å². The van der Waals surface area contributed by atoms with E-state index in [9.17, 15) is 18.0 Å². The zero-order chi connectivity index (χ0) is 28.1. The highest BCUT2D eigenvalue weighted by Gasteiger charge is 2.31. The molecule has 2 fully saturated rings. The maximum atomic E-state index is 12.8. The van der Waals surface area contributed by atoms with Gasteiger partial charge in [0.05, 0.1) is 0 Å². The van der Waals surface area contributed by atoms with Crippen LogP contribution in [0.15, 0.2) is 48.7 Å². The molecule has 1 heterocycles. The second kappa shape index (κ2) is 12.5. The van der Waals surface area contributed by atoms with E-state index in [2.05, 4.69) is 38.3 Å². The zero-order valence-electron chi connectivity index (χ0n) is 22.7. The molecule has 2 unspecified atom stereocenters. The van der Waals surface area contributed by atoms with Crippen LogP contribution in [0.1, 0.15) is 81.7 Å². The lowest BCUT2D eigenvalue weighted by atomic mass is 9.81. The second-order valence-corrected chi connectivity index (χ2v) is 11.2. The normalized spacial score (nSPS) is 20.5. The number of hydrogen-bond acceptors (Lipinski definition) is 3. The van der Waals surface area contributed by atoms with Crippen molar-refractivity contribution in [3.63, 3.8) is 0 Å². The van der Waals surface area contributed by atoms with Gasteiger partial charge in [-0.25, -0.2) is 4.79 Å². The Bertz CT molecular complexity index is 1300. The lowest BCUT2D eigenvalue weighted by Gasteiger charge is -2.30. The number of nitrogens with one attached hydrogen (secondary N) is 2. The SMILES string of the molecule is O=C(O)NCCCNC1CCCC(c2cn(C3CCCCC3)c3ccc(-c4cccc(OC(F)(F)F)c4)cc23)C1. The molecule has 3 aromatic rings. The summed E-state index contributed by atoms with van der Waals surface area (Å²) < 4.78 is 45.2. The number of amides is 1. The Hall–Kier alpha value is -3.20. The molecule has 0 radical (unpaired) electrons. The summed E-state index contributed by atoms with van der Waals surface area (Å²) in [6.07, 6.45) is 7.78. The predicted molar refractivity (Wildman–Crippen MR) is 150 cm³/mol. The highest BCUT2D eigenvalue weighted by Crippen LogP contribution is 2.42. The van der Waals surface area contributed by atoms with Gasteiger partial charge in [-0.3, -0.25) is 0 Å². The molecule has 2 atom stereocenters.